The fourth-order valence-corrected chi connectivity index (χ4v) is 2.30. The Hall–Kier alpha value is -0.580. The van der Waals surface area contributed by atoms with Crippen LogP contribution in [0.3, 0.4) is 0 Å². The van der Waals surface area contributed by atoms with Crippen molar-refractivity contribution >= 4 is 27.9 Å². The molecule has 0 bridgehead atoms. The normalized spacial score (nSPS) is 16.4. The van der Waals surface area contributed by atoms with Gasteiger partial charge in [-0.1, -0.05) is 43.1 Å². The van der Waals surface area contributed by atoms with Gasteiger partial charge in [0, 0.05) is 0 Å². The summed E-state index contributed by atoms with van der Waals surface area (Å²) in [4.78, 5) is 23.1. The Morgan fingerprint density at radius 2 is 1.88 bits per heavy atom. The molecule has 0 spiro atoms. The second-order valence-corrected chi connectivity index (χ2v) is 6.06. The Morgan fingerprint density at radius 3 is 2.24 bits per heavy atom. The fourth-order valence-electron chi connectivity index (χ4n) is 1.56. The standard InChI is InChI=1S/C12H21BrO4/c1-5-6-9(4)17-11(16)12(13,10(14)15)7-8(2)3/h8-9H,5-7H2,1-4H3,(H,14,15). The molecule has 17 heavy (non-hydrogen) atoms. The Kier molecular flexibility index (Phi) is 6.75. The molecule has 100 valence electrons. The van der Waals surface area contributed by atoms with E-state index in [4.69, 9.17) is 9.84 Å². The highest BCUT2D eigenvalue weighted by molar-refractivity contribution is 9.10. The van der Waals surface area contributed by atoms with Crippen molar-refractivity contribution < 1.29 is 19.4 Å². The Bertz CT molecular complexity index is 278. The van der Waals surface area contributed by atoms with E-state index in [1.54, 1.807) is 6.92 Å². The third kappa shape index (κ3) is 5.06. The number of hydrogen-bond acceptors (Lipinski definition) is 3. The van der Waals surface area contributed by atoms with Gasteiger partial charge in [0.15, 0.2) is 0 Å². The molecule has 0 aromatic carbocycles. The maximum Gasteiger partial charge on any atom is 0.334 e. The monoisotopic (exact) mass is 308 g/mol. The van der Waals surface area contributed by atoms with Gasteiger partial charge in [0.1, 0.15) is 0 Å². The molecule has 0 radical (unpaired) electrons. The van der Waals surface area contributed by atoms with E-state index in [1.807, 2.05) is 20.8 Å². The third-order valence-electron chi connectivity index (χ3n) is 2.36. The molecule has 1 N–H and O–H groups in total. The fraction of sp³-hybridized carbons (Fsp3) is 0.833. The molecule has 0 heterocycles. The summed E-state index contributed by atoms with van der Waals surface area (Å²) in [7, 11) is 0. The van der Waals surface area contributed by atoms with Crippen LogP contribution in [-0.2, 0) is 14.3 Å². The SMILES string of the molecule is CCCC(C)OC(=O)C(Br)(CC(C)C)C(=O)O. The third-order valence-corrected chi connectivity index (χ3v) is 3.34. The van der Waals surface area contributed by atoms with Crippen molar-refractivity contribution in [2.24, 2.45) is 5.92 Å². The summed E-state index contributed by atoms with van der Waals surface area (Å²) in [6.07, 6.45) is 1.58. The number of hydrogen-bond donors (Lipinski definition) is 1. The molecule has 0 aliphatic rings. The summed E-state index contributed by atoms with van der Waals surface area (Å²) >= 11 is 3.02. The number of rotatable bonds is 7. The second-order valence-electron chi connectivity index (χ2n) is 4.71. The molecule has 5 heteroatoms. The highest BCUT2D eigenvalue weighted by Gasteiger charge is 2.46. The highest BCUT2D eigenvalue weighted by atomic mass is 79.9. The van der Waals surface area contributed by atoms with Crippen LogP contribution in [0.4, 0.5) is 0 Å². The molecule has 2 atom stereocenters. The van der Waals surface area contributed by atoms with Crippen LogP contribution in [0.1, 0.15) is 47.0 Å². The summed E-state index contributed by atoms with van der Waals surface area (Å²) in [5.41, 5.74) is 0. The average Bonchev–Trinajstić information content (AvgIpc) is 2.16. The van der Waals surface area contributed by atoms with Crippen molar-refractivity contribution in [3.63, 3.8) is 0 Å². The van der Waals surface area contributed by atoms with E-state index < -0.39 is 16.3 Å². The van der Waals surface area contributed by atoms with Crippen LogP contribution in [0.2, 0.25) is 0 Å². The maximum absolute atomic E-state index is 11.9. The van der Waals surface area contributed by atoms with Crippen molar-refractivity contribution in [2.75, 3.05) is 0 Å². The first kappa shape index (κ1) is 16.4. The van der Waals surface area contributed by atoms with Crippen molar-refractivity contribution in [1.29, 1.82) is 0 Å². The summed E-state index contributed by atoms with van der Waals surface area (Å²) < 4.78 is 3.53. The van der Waals surface area contributed by atoms with Crippen molar-refractivity contribution in [3.05, 3.63) is 0 Å². The van der Waals surface area contributed by atoms with E-state index in [0.29, 0.717) is 0 Å². The van der Waals surface area contributed by atoms with E-state index in [2.05, 4.69) is 15.9 Å². The van der Waals surface area contributed by atoms with E-state index in [1.165, 1.54) is 0 Å². The molecule has 0 saturated carbocycles. The predicted molar refractivity (Wildman–Crippen MR) is 69.2 cm³/mol. The van der Waals surface area contributed by atoms with Gasteiger partial charge in [0.2, 0.25) is 4.32 Å². The molecular weight excluding hydrogens is 288 g/mol. The number of carbonyl (C=O) groups excluding carboxylic acids is 1. The molecule has 0 amide bonds. The molecule has 0 fully saturated rings. The minimum atomic E-state index is -1.62. The molecule has 0 rings (SSSR count). The predicted octanol–water partition coefficient (Wildman–Crippen LogP) is 2.98. The Morgan fingerprint density at radius 1 is 1.35 bits per heavy atom. The van der Waals surface area contributed by atoms with E-state index >= 15 is 0 Å². The molecule has 0 aromatic rings. The number of carboxylic acid groups (broad SMARTS) is 1. The van der Waals surface area contributed by atoms with Crippen LogP contribution in [-0.4, -0.2) is 27.5 Å². The molecular formula is C12H21BrO4. The number of ether oxygens (including phenoxy) is 1. The van der Waals surface area contributed by atoms with Crippen LogP contribution in [0.25, 0.3) is 0 Å². The van der Waals surface area contributed by atoms with Gasteiger partial charge in [-0.05, 0) is 25.7 Å². The minimum Gasteiger partial charge on any atom is -0.480 e. The summed E-state index contributed by atoms with van der Waals surface area (Å²) in [5.74, 6) is -1.82. The minimum absolute atomic E-state index is 0.0829. The van der Waals surface area contributed by atoms with Gasteiger partial charge in [-0.2, -0.15) is 0 Å². The number of esters is 1. The first-order valence-electron chi connectivity index (χ1n) is 5.87. The number of halogens is 1. The number of alkyl halides is 1. The van der Waals surface area contributed by atoms with Crippen molar-refractivity contribution in [1.82, 2.24) is 0 Å². The average molecular weight is 309 g/mol. The zero-order valence-corrected chi connectivity index (χ0v) is 12.4. The zero-order chi connectivity index (χ0) is 13.6. The first-order chi connectivity index (χ1) is 7.74. The van der Waals surface area contributed by atoms with Crippen molar-refractivity contribution in [2.45, 2.75) is 57.4 Å². The number of aliphatic carboxylic acids is 1. The maximum atomic E-state index is 11.9. The van der Waals surface area contributed by atoms with Gasteiger partial charge in [-0.3, -0.25) is 4.79 Å². The molecule has 2 unspecified atom stereocenters. The van der Waals surface area contributed by atoms with Gasteiger partial charge in [0.25, 0.3) is 0 Å². The first-order valence-corrected chi connectivity index (χ1v) is 6.66. The Labute approximate surface area is 111 Å². The molecule has 0 aliphatic heterocycles. The molecule has 4 nitrogen and oxygen atoms in total. The summed E-state index contributed by atoms with van der Waals surface area (Å²) in [6.45, 7) is 7.48. The lowest BCUT2D eigenvalue weighted by atomic mass is 9.97. The topological polar surface area (TPSA) is 63.6 Å². The summed E-state index contributed by atoms with van der Waals surface area (Å²) in [6, 6.07) is 0. The number of carboxylic acids is 1. The molecule has 0 aliphatic carbocycles. The van der Waals surface area contributed by atoms with Gasteiger partial charge in [-0.15, -0.1) is 0 Å². The largest absolute Gasteiger partial charge is 0.480 e. The van der Waals surface area contributed by atoms with Gasteiger partial charge >= 0.3 is 11.9 Å². The van der Waals surface area contributed by atoms with Crippen molar-refractivity contribution in [3.8, 4) is 0 Å². The van der Waals surface area contributed by atoms with Crippen LogP contribution in [0, 0.1) is 5.92 Å². The van der Waals surface area contributed by atoms with Crippen LogP contribution >= 0.6 is 15.9 Å². The van der Waals surface area contributed by atoms with Gasteiger partial charge in [-0.25, -0.2) is 4.79 Å². The van der Waals surface area contributed by atoms with E-state index in [-0.39, 0.29) is 18.4 Å². The molecule has 0 saturated heterocycles. The molecule has 0 aromatic heterocycles. The van der Waals surface area contributed by atoms with Crippen LogP contribution in [0.15, 0.2) is 0 Å². The lowest BCUT2D eigenvalue weighted by Gasteiger charge is -2.24. The highest BCUT2D eigenvalue weighted by Crippen LogP contribution is 2.29. The smallest absolute Gasteiger partial charge is 0.334 e. The number of carbonyl (C=O) groups is 2. The van der Waals surface area contributed by atoms with E-state index in [0.717, 1.165) is 12.8 Å². The lowest BCUT2D eigenvalue weighted by Crippen LogP contribution is -2.44. The van der Waals surface area contributed by atoms with E-state index in [9.17, 15) is 9.59 Å². The van der Waals surface area contributed by atoms with Gasteiger partial charge in [0.05, 0.1) is 6.10 Å². The second kappa shape index (κ2) is 6.99. The Balaban J connectivity index is 4.71. The van der Waals surface area contributed by atoms with Gasteiger partial charge < -0.3 is 9.84 Å². The summed E-state index contributed by atoms with van der Waals surface area (Å²) in [5, 5.41) is 9.15. The van der Waals surface area contributed by atoms with Crippen LogP contribution < -0.4 is 0 Å². The zero-order valence-electron chi connectivity index (χ0n) is 10.8. The lowest BCUT2D eigenvalue weighted by molar-refractivity contribution is -0.159. The van der Waals surface area contributed by atoms with Crippen LogP contribution in [0.5, 0.6) is 0 Å². The quantitative estimate of drug-likeness (QED) is 0.446.